The Hall–Kier alpha value is -2.07. The molecule has 4 heteroatoms. The predicted molar refractivity (Wildman–Crippen MR) is 109 cm³/mol. The Balaban J connectivity index is 0.00000112. The molecule has 5 rings (SSSR count). The van der Waals surface area contributed by atoms with Crippen molar-refractivity contribution in [3.63, 3.8) is 0 Å². The summed E-state index contributed by atoms with van der Waals surface area (Å²) in [6, 6.07) is 25.4. The van der Waals surface area contributed by atoms with E-state index < -0.39 is 0 Å². The molecule has 2 unspecified atom stereocenters. The van der Waals surface area contributed by atoms with Crippen molar-refractivity contribution in [3.8, 4) is 0 Å². The maximum absolute atomic E-state index is 4.86. The molecule has 28 heavy (non-hydrogen) atoms. The Morgan fingerprint density at radius 3 is 1.32 bits per heavy atom. The van der Waals surface area contributed by atoms with Gasteiger partial charge in [0.25, 0.3) is 0 Å². The standard InChI is InChI=1S/C24H18N2.2Li/c1-3-7-21-17(5-1)13-15-23(25-21)19-9-11-20(12-10-19)24-16-14-18-6-2-4-8-22(18)26-24;;/h1-16,23-24H;;/q-2;2*+1. The first-order chi connectivity index (χ1) is 12.9. The van der Waals surface area contributed by atoms with E-state index >= 15 is 0 Å². The van der Waals surface area contributed by atoms with Crippen LogP contribution in [0, 0.1) is 0 Å². The summed E-state index contributed by atoms with van der Waals surface area (Å²) in [6.45, 7) is 0. The maximum atomic E-state index is 4.86. The third kappa shape index (κ3) is 4.02. The molecule has 0 amide bonds. The van der Waals surface area contributed by atoms with E-state index in [0.717, 1.165) is 11.4 Å². The van der Waals surface area contributed by atoms with E-state index in [2.05, 4.69) is 72.8 Å². The fourth-order valence-corrected chi connectivity index (χ4v) is 3.53. The van der Waals surface area contributed by atoms with Crippen LogP contribution in [0.25, 0.3) is 22.8 Å². The average Bonchev–Trinajstić information content (AvgIpc) is 2.73. The van der Waals surface area contributed by atoms with E-state index in [0.29, 0.717) is 0 Å². The van der Waals surface area contributed by atoms with Gasteiger partial charge in [0.15, 0.2) is 0 Å². The van der Waals surface area contributed by atoms with E-state index in [1.165, 1.54) is 22.3 Å². The molecular weight excluding hydrogens is 330 g/mol. The first-order valence-corrected chi connectivity index (χ1v) is 8.93. The Bertz CT molecular complexity index is 927. The van der Waals surface area contributed by atoms with E-state index in [-0.39, 0.29) is 49.8 Å². The minimum absolute atomic E-state index is 0. The van der Waals surface area contributed by atoms with Gasteiger partial charge in [-0.1, -0.05) is 120 Å². The molecule has 0 spiro atoms. The van der Waals surface area contributed by atoms with Crippen molar-refractivity contribution in [1.29, 1.82) is 0 Å². The fourth-order valence-electron chi connectivity index (χ4n) is 3.53. The van der Waals surface area contributed by atoms with Crippen LogP contribution < -0.4 is 37.7 Å². The maximum Gasteiger partial charge on any atom is 1.00 e. The van der Waals surface area contributed by atoms with Gasteiger partial charge < -0.3 is 10.6 Å². The molecule has 0 aliphatic carbocycles. The van der Waals surface area contributed by atoms with Crippen LogP contribution in [0.15, 0.2) is 84.9 Å². The molecule has 0 N–H and O–H groups in total. The van der Waals surface area contributed by atoms with Crippen LogP contribution in [0.2, 0.25) is 0 Å². The van der Waals surface area contributed by atoms with E-state index in [4.69, 9.17) is 10.6 Å². The van der Waals surface area contributed by atoms with Crippen LogP contribution in [0.1, 0.15) is 34.3 Å². The Kier molecular flexibility index (Phi) is 6.61. The third-order valence-corrected chi connectivity index (χ3v) is 4.97. The van der Waals surface area contributed by atoms with Gasteiger partial charge in [0.05, 0.1) is 0 Å². The van der Waals surface area contributed by atoms with E-state index in [1.807, 2.05) is 24.3 Å². The minimum Gasteiger partial charge on any atom is -0.674 e. The second-order valence-electron chi connectivity index (χ2n) is 6.65. The van der Waals surface area contributed by atoms with Crippen LogP contribution in [0.5, 0.6) is 0 Å². The minimum atomic E-state index is 0. The number of para-hydroxylation sites is 2. The van der Waals surface area contributed by atoms with Crippen molar-refractivity contribution < 1.29 is 37.7 Å². The van der Waals surface area contributed by atoms with E-state index in [1.54, 1.807) is 0 Å². The summed E-state index contributed by atoms with van der Waals surface area (Å²) in [6.07, 6.45) is 8.66. The first kappa shape index (κ1) is 20.7. The Morgan fingerprint density at radius 2 is 0.893 bits per heavy atom. The number of fused-ring (bicyclic) bond motifs is 2. The molecule has 2 aliphatic rings. The molecule has 0 fully saturated rings. The largest absolute Gasteiger partial charge is 1.00 e. The van der Waals surface area contributed by atoms with Gasteiger partial charge in [-0.05, 0) is 11.1 Å². The van der Waals surface area contributed by atoms with Gasteiger partial charge in [-0.15, -0.1) is 11.4 Å². The number of nitrogens with zero attached hydrogens (tertiary/aromatic N) is 2. The smallest absolute Gasteiger partial charge is 0.674 e. The van der Waals surface area contributed by atoms with Gasteiger partial charge in [0.1, 0.15) is 0 Å². The molecule has 2 atom stereocenters. The molecule has 2 heterocycles. The number of hydrogen-bond acceptors (Lipinski definition) is 0. The second-order valence-corrected chi connectivity index (χ2v) is 6.65. The van der Waals surface area contributed by atoms with E-state index in [9.17, 15) is 0 Å². The molecule has 0 saturated carbocycles. The van der Waals surface area contributed by atoms with Crippen molar-refractivity contribution in [2.45, 2.75) is 12.1 Å². The van der Waals surface area contributed by atoms with Crippen LogP contribution in [0.3, 0.4) is 0 Å². The van der Waals surface area contributed by atoms with Gasteiger partial charge in [0, 0.05) is 0 Å². The number of rotatable bonds is 2. The summed E-state index contributed by atoms with van der Waals surface area (Å²) in [4.78, 5) is 0. The van der Waals surface area contributed by atoms with Crippen LogP contribution in [-0.2, 0) is 0 Å². The van der Waals surface area contributed by atoms with Crippen molar-refractivity contribution in [3.05, 3.63) is 118 Å². The second kappa shape index (κ2) is 8.96. The predicted octanol–water partition coefficient (Wildman–Crippen LogP) is 1.24. The van der Waals surface area contributed by atoms with Crippen LogP contribution >= 0.6 is 0 Å². The monoisotopic (exact) mass is 348 g/mol. The zero-order valence-corrected chi connectivity index (χ0v) is 16.3. The van der Waals surface area contributed by atoms with Crippen molar-refractivity contribution in [2.24, 2.45) is 0 Å². The summed E-state index contributed by atoms with van der Waals surface area (Å²) >= 11 is 0. The van der Waals surface area contributed by atoms with Crippen LogP contribution in [-0.4, -0.2) is 0 Å². The quantitative estimate of drug-likeness (QED) is 0.624. The van der Waals surface area contributed by atoms with Gasteiger partial charge in [0.2, 0.25) is 0 Å². The van der Waals surface area contributed by atoms with Gasteiger partial charge in [-0.2, -0.15) is 0 Å². The fraction of sp³-hybridized carbons (Fsp3) is 0.0833. The third-order valence-electron chi connectivity index (χ3n) is 4.97. The van der Waals surface area contributed by atoms with Crippen LogP contribution in [0.4, 0.5) is 11.4 Å². The zero-order valence-electron chi connectivity index (χ0n) is 16.3. The number of benzene rings is 3. The first-order valence-electron chi connectivity index (χ1n) is 8.93. The zero-order chi connectivity index (χ0) is 17.3. The summed E-state index contributed by atoms with van der Waals surface area (Å²) < 4.78 is 0. The molecule has 2 nitrogen and oxygen atoms in total. The van der Waals surface area contributed by atoms with Crippen molar-refractivity contribution in [2.75, 3.05) is 0 Å². The Morgan fingerprint density at radius 1 is 0.500 bits per heavy atom. The van der Waals surface area contributed by atoms with Gasteiger partial charge >= 0.3 is 37.7 Å². The summed E-state index contributed by atoms with van der Waals surface area (Å²) in [5.41, 5.74) is 6.91. The summed E-state index contributed by atoms with van der Waals surface area (Å²) in [5.74, 6) is 0. The molecule has 3 aromatic carbocycles. The molecule has 0 aromatic heterocycles. The SMILES string of the molecule is C1=CC(c2ccc(C3C=Cc4ccccc4[N-]3)cc2)[N-]c2ccccc21.[Li+].[Li+]. The normalized spacial score (nSPS) is 18.4. The summed E-state index contributed by atoms with van der Waals surface area (Å²) in [7, 11) is 0. The average molecular weight is 348 g/mol. The Labute approximate surface area is 190 Å². The van der Waals surface area contributed by atoms with Gasteiger partial charge in [-0.3, -0.25) is 0 Å². The van der Waals surface area contributed by atoms with Gasteiger partial charge in [-0.25, -0.2) is 0 Å². The molecule has 0 radical (unpaired) electrons. The van der Waals surface area contributed by atoms with Crippen molar-refractivity contribution >= 4 is 23.5 Å². The molecule has 3 aromatic rings. The number of hydrogen-bond donors (Lipinski definition) is 0. The molecule has 0 bridgehead atoms. The molecule has 0 saturated heterocycles. The topological polar surface area (TPSA) is 28.2 Å². The van der Waals surface area contributed by atoms with Crippen molar-refractivity contribution in [1.82, 2.24) is 0 Å². The molecule has 126 valence electrons. The summed E-state index contributed by atoms with van der Waals surface area (Å²) in [5, 5.41) is 9.73. The molecular formula is C24H18Li2N2. The molecule has 2 aliphatic heterocycles.